The summed E-state index contributed by atoms with van der Waals surface area (Å²) in [6, 6.07) is 0. The molecule has 17 heavy (non-hydrogen) atoms. The summed E-state index contributed by atoms with van der Waals surface area (Å²) < 4.78 is 0. The molecule has 0 radical (unpaired) electrons. The van der Waals surface area contributed by atoms with E-state index in [9.17, 15) is 0 Å². The van der Waals surface area contributed by atoms with Crippen LogP contribution in [0.3, 0.4) is 0 Å². The van der Waals surface area contributed by atoms with Crippen LogP contribution in [-0.4, -0.2) is 22.5 Å². The smallest absolute Gasteiger partial charge is 0.205 e. The minimum atomic E-state index is 0.964. The fourth-order valence-electron chi connectivity index (χ4n) is 2.11. The van der Waals surface area contributed by atoms with Crippen LogP contribution in [-0.2, 0) is 5.75 Å². The first-order chi connectivity index (χ1) is 8.38. The molecule has 0 amide bonds. The van der Waals surface area contributed by atoms with E-state index in [0.717, 1.165) is 34.8 Å². The van der Waals surface area contributed by atoms with E-state index in [1.807, 2.05) is 11.8 Å². The number of hydrogen-bond acceptors (Lipinski definition) is 5. The Labute approximate surface area is 112 Å². The van der Waals surface area contributed by atoms with Crippen molar-refractivity contribution in [2.45, 2.75) is 44.8 Å². The predicted octanol–water partition coefficient (Wildman–Crippen LogP) is 3.78. The lowest BCUT2D eigenvalue weighted by Gasteiger charge is -2.06. The zero-order chi connectivity index (χ0) is 11.9. The lowest BCUT2D eigenvalue weighted by atomic mass is 10.1. The normalized spacial score (nSPS) is 16.5. The van der Waals surface area contributed by atoms with Gasteiger partial charge in [0.05, 0.1) is 0 Å². The molecule has 0 unspecified atom stereocenters. The molecule has 2 rings (SSSR count). The second kappa shape index (κ2) is 7.21. The first-order valence-electron chi connectivity index (χ1n) is 6.52. The SMILES string of the molecule is CCCNc1nnc(CSCC2CCCC2)s1. The van der Waals surface area contributed by atoms with E-state index >= 15 is 0 Å². The molecule has 0 aromatic carbocycles. The third-order valence-corrected chi connectivity index (χ3v) is 5.30. The first kappa shape index (κ1) is 13.1. The molecule has 1 fully saturated rings. The summed E-state index contributed by atoms with van der Waals surface area (Å²) in [4.78, 5) is 0. The number of rotatable bonds is 7. The summed E-state index contributed by atoms with van der Waals surface area (Å²) in [6.07, 6.45) is 6.88. The Balaban J connectivity index is 1.65. The highest BCUT2D eigenvalue weighted by atomic mass is 32.2. The van der Waals surface area contributed by atoms with E-state index in [1.54, 1.807) is 11.3 Å². The summed E-state index contributed by atoms with van der Waals surface area (Å²) in [5.74, 6) is 3.30. The number of thioether (sulfide) groups is 1. The fourth-order valence-corrected chi connectivity index (χ4v) is 4.17. The molecule has 1 aromatic rings. The summed E-state index contributed by atoms with van der Waals surface area (Å²) in [5.41, 5.74) is 0. The van der Waals surface area contributed by atoms with E-state index in [4.69, 9.17) is 0 Å². The average molecular weight is 271 g/mol. The van der Waals surface area contributed by atoms with Crippen LogP contribution < -0.4 is 5.32 Å². The largest absolute Gasteiger partial charge is 0.360 e. The van der Waals surface area contributed by atoms with Gasteiger partial charge in [-0.15, -0.1) is 10.2 Å². The van der Waals surface area contributed by atoms with Crippen molar-refractivity contribution in [3.63, 3.8) is 0 Å². The van der Waals surface area contributed by atoms with Crippen LogP contribution >= 0.6 is 23.1 Å². The van der Waals surface area contributed by atoms with Gasteiger partial charge in [0, 0.05) is 12.3 Å². The first-order valence-corrected chi connectivity index (χ1v) is 8.49. The van der Waals surface area contributed by atoms with E-state index in [-0.39, 0.29) is 0 Å². The maximum Gasteiger partial charge on any atom is 0.205 e. The average Bonchev–Trinajstić information content (AvgIpc) is 2.98. The van der Waals surface area contributed by atoms with Crippen LogP contribution in [0.15, 0.2) is 0 Å². The molecular formula is C12H21N3S2. The summed E-state index contributed by atoms with van der Waals surface area (Å²) >= 11 is 3.72. The van der Waals surface area contributed by atoms with Crippen molar-refractivity contribution in [1.29, 1.82) is 0 Å². The predicted molar refractivity (Wildman–Crippen MR) is 76.8 cm³/mol. The molecule has 1 heterocycles. The highest BCUT2D eigenvalue weighted by Gasteiger charge is 2.15. The summed E-state index contributed by atoms with van der Waals surface area (Å²) in [5, 5.41) is 13.8. The molecule has 3 nitrogen and oxygen atoms in total. The van der Waals surface area contributed by atoms with Crippen molar-refractivity contribution in [2.75, 3.05) is 17.6 Å². The maximum atomic E-state index is 4.22. The molecule has 1 saturated carbocycles. The van der Waals surface area contributed by atoms with Crippen molar-refractivity contribution >= 4 is 28.2 Å². The van der Waals surface area contributed by atoms with E-state index < -0.39 is 0 Å². The molecular weight excluding hydrogens is 250 g/mol. The number of anilines is 1. The molecule has 5 heteroatoms. The van der Waals surface area contributed by atoms with Gasteiger partial charge in [0.2, 0.25) is 5.13 Å². The van der Waals surface area contributed by atoms with Crippen molar-refractivity contribution in [1.82, 2.24) is 10.2 Å². The second-order valence-corrected chi connectivity index (χ2v) is 6.69. The Bertz CT molecular complexity index is 321. The Morgan fingerprint density at radius 1 is 1.35 bits per heavy atom. The lowest BCUT2D eigenvalue weighted by Crippen LogP contribution is -1.98. The van der Waals surface area contributed by atoms with Crippen LogP contribution in [0.1, 0.15) is 44.0 Å². The van der Waals surface area contributed by atoms with Gasteiger partial charge in [-0.3, -0.25) is 0 Å². The van der Waals surface area contributed by atoms with Gasteiger partial charge in [0.15, 0.2) is 0 Å². The molecule has 0 saturated heterocycles. The summed E-state index contributed by atoms with van der Waals surface area (Å²) in [6.45, 7) is 3.15. The van der Waals surface area contributed by atoms with Crippen molar-refractivity contribution in [3.8, 4) is 0 Å². The molecule has 96 valence electrons. The third kappa shape index (κ3) is 4.47. The van der Waals surface area contributed by atoms with Gasteiger partial charge in [-0.2, -0.15) is 11.8 Å². The number of hydrogen-bond donors (Lipinski definition) is 1. The van der Waals surface area contributed by atoms with E-state index in [1.165, 1.54) is 31.4 Å². The van der Waals surface area contributed by atoms with Gasteiger partial charge in [0.1, 0.15) is 5.01 Å². The topological polar surface area (TPSA) is 37.8 Å². The highest BCUT2D eigenvalue weighted by Crippen LogP contribution is 2.29. The Morgan fingerprint density at radius 3 is 2.94 bits per heavy atom. The Kier molecular flexibility index (Phi) is 5.58. The van der Waals surface area contributed by atoms with Crippen LogP contribution in [0.4, 0.5) is 5.13 Å². The van der Waals surface area contributed by atoms with Crippen LogP contribution in [0.25, 0.3) is 0 Å². The van der Waals surface area contributed by atoms with E-state index in [0.29, 0.717) is 0 Å². The zero-order valence-corrected chi connectivity index (χ0v) is 12.1. The van der Waals surface area contributed by atoms with Gasteiger partial charge in [-0.05, 0) is 30.9 Å². The third-order valence-electron chi connectivity index (χ3n) is 3.05. The van der Waals surface area contributed by atoms with Gasteiger partial charge in [-0.25, -0.2) is 0 Å². The maximum absolute atomic E-state index is 4.22. The number of nitrogens with zero attached hydrogens (tertiary/aromatic N) is 2. The van der Waals surface area contributed by atoms with Crippen LogP contribution in [0, 0.1) is 5.92 Å². The summed E-state index contributed by atoms with van der Waals surface area (Å²) in [7, 11) is 0. The molecule has 0 bridgehead atoms. The van der Waals surface area contributed by atoms with E-state index in [2.05, 4.69) is 22.4 Å². The molecule has 0 atom stereocenters. The molecule has 0 spiro atoms. The fraction of sp³-hybridized carbons (Fsp3) is 0.833. The minimum Gasteiger partial charge on any atom is -0.360 e. The van der Waals surface area contributed by atoms with Crippen LogP contribution in [0.5, 0.6) is 0 Å². The second-order valence-electron chi connectivity index (χ2n) is 4.59. The molecule has 1 aliphatic rings. The van der Waals surface area contributed by atoms with Crippen LogP contribution in [0.2, 0.25) is 0 Å². The van der Waals surface area contributed by atoms with Crippen molar-refractivity contribution < 1.29 is 0 Å². The molecule has 1 aliphatic carbocycles. The number of nitrogens with one attached hydrogen (secondary N) is 1. The van der Waals surface area contributed by atoms with Gasteiger partial charge < -0.3 is 5.32 Å². The van der Waals surface area contributed by atoms with Crippen molar-refractivity contribution in [2.24, 2.45) is 5.92 Å². The lowest BCUT2D eigenvalue weighted by molar-refractivity contribution is 0.623. The monoisotopic (exact) mass is 271 g/mol. The van der Waals surface area contributed by atoms with Gasteiger partial charge >= 0.3 is 0 Å². The quantitative estimate of drug-likeness (QED) is 0.819. The van der Waals surface area contributed by atoms with Gasteiger partial charge in [0.25, 0.3) is 0 Å². The molecule has 1 N–H and O–H groups in total. The molecule has 1 aromatic heterocycles. The highest BCUT2D eigenvalue weighted by molar-refractivity contribution is 7.98. The van der Waals surface area contributed by atoms with Gasteiger partial charge in [-0.1, -0.05) is 31.1 Å². The minimum absolute atomic E-state index is 0.964. The molecule has 0 aliphatic heterocycles. The Morgan fingerprint density at radius 2 is 2.18 bits per heavy atom. The standard InChI is InChI=1S/C12H21N3S2/c1-2-7-13-12-15-14-11(17-12)9-16-8-10-5-3-4-6-10/h10H,2-9H2,1H3,(H,13,15). The number of aromatic nitrogens is 2. The Hall–Kier alpha value is -0.290. The zero-order valence-electron chi connectivity index (χ0n) is 10.4. The van der Waals surface area contributed by atoms with Crippen molar-refractivity contribution in [3.05, 3.63) is 5.01 Å².